The van der Waals surface area contributed by atoms with Crippen molar-refractivity contribution in [3.05, 3.63) is 27.7 Å². The van der Waals surface area contributed by atoms with Gasteiger partial charge in [0.25, 0.3) is 0 Å². The molecule has 0 unspecified atom stereocenters. The summed E-state index contributed by atoms with van der Waals surface area (Å²) in [5, 5.41) is 5.25. The lowest BCUT2D eigenvalue weighted by Crippen LogP contribution is -2.00. The van der Waals surface area contributed by atoms with Crippen molar-refractivity contribution in [2.75, 3.05) is 0 Å². The fraction of sp³-hybridized carbons (Fsp3) is 0.500. The van der Waals surface area contributed by atoms with E-state index in [0.717, 1.165) is 42.2 Å². The molecule has 0 fully saturated rings. The Morgan fingerprint density at radius 3 is 2.94 bits per heavy atom. The molecule has 0 saturated heterocycles. The van der Waals surface area contributed by atoms with E-state index in [0.29, 0.717) is 0 Å². The number of fused-ring (bicyclic) bond motifs is 2. The first kappa shape index (κ1) is 10.1. The van der Waals surface area contributed by atoms with Crippen LogP contribution in [0.5, 0.6) is 0 Å². The summed E-state index contributed by atoms with van der Waals surface area (Å²) < 4.78 is 1.81. The molecule has 0 spiro atoms. The van der Waals surface area contributed by atoms with E-state index in [1.165, 1.54) is 16.8 Å². The molecular weight excluding hydrogens is 222 g/mol. The van der Waals surface area contributed by atoms with Gasteiger partial charge in [-0.25, -0.2) is 9.50 Å². The van der Waals surface area contributed by atoms with Crippen molar-refractivity contribution in [2.45, 2.75) is 39.5 Å². The van der Waals surface area contributed by atoms with Gasteiger partial charge in [-0.05, 0) is 32.6 Å². The molecule has 2 aromatic heterocycles. The average Bonchev–Trinajstić information content (AvgIpc) is 2.83. The molecule has 0 atom stereocenters. The summed E-state index contributed by atoms with van der Waals surface area (Å²) in [6.07, 6.45) is 4.21. The molecule has 2 heterocycles. The van der Waals surface area contributed by atoms with Crippen LogP contribution in [-0.4, -0.2) is 14.6 Å². The van der Waals surface area contributed by atoms with E-state index in [4.69, 9.17) is 16.6 Å². The van der Waals surface area contributed by atoms with E-state index in [-0.39, 0.29) is 0 Å². The summed E-state index contributed by atoms with van der Waals surface area (Å²) in [5.74, 6) is 0. The zero-order chi connectivity index (χ0) is 11.3. The number of aromatic nitrogens is 3. The third kappa shape index (κ3) is 1.21. The number of rotatable bonds is 1. The Morgan fingerprint density at radius 2 is 2.19 bits per heavy atom. The highest BCUT2D eigenvalue weighted by molar-refractivity contribution is 6.30. The Labute approximate surface area is 99.4 Å². The first-order valence-electron chi connectivity index (χ1n) is 5.77. The summed E-state index contributed by atoms with van der Waals surface area (Å²) in [5.41, 5.74) is 5.58. The van der Waals surface area contributed by atoms with Crippen molar-refractivity contribution in [2.24, 2.45) is 0 Å². The smallest absolute Gasteiger partial charge is 0.160 e. The molecule has 0 saturated carbocycles. The predicted octanol–water partition coefficient (Wildman–Crippen LogP) is 2.74. The Kier molecular flexibility index (Phi) is 2.18. The number of halogens is 1. The third-order valence-corrected chi connectivity index (χ3v) is 3.76. The highest BCUT2D eigenvalue weighted by Gasteiger charge is 2.21. The second-order valence-electron chi connectivity index (χ2n) is 4.33. The lowest BCUT2D eigenvalue weighted by molar-refractivity contribution is 0.895. The topological polar surface area (TPSA) is 30.2 Å². The molecule has 0 aromatic carbocycles. The van der Waals surface area contributed by atoms with Gasteiger partial charge in [-0.15, -0.1) is 0 Å². The Hall–Kier alpha value is -1.09. The van der Waals surface area contributed by atoms with Crippen LogP contribution in [0.3, 0.4) is 0 Å². The van der Waals surface area contributed by atoms with Gasteiger partial charge < -0.3 is 0 Å². The van der Waals surface area contributed by atoms with Crippen LogP contribution in [0, 0.1) is 6.92 Å². The van der Waals surface area contributed by atoms with Gasteiger partial charge in [-0.1, -0.05) is 18.5 Å². The van der Waals surface area contributed by atoms with Crippen molar-refractivity contribution in [3.8, 4) is 0 Å². The van der Waals surface area contributed by atoms with Gasteiger partial charge in [0, 0.05) is 16.8 Å². The lowest BCUT2D eigenvalue weighted by atomic mass is 10.2. The molecule has 2 aromatic rings. The zero-order valence-electron chi connectivity index (χ0n) is 9.55. The fourth-order valence-electron chi connectivity index (χ4n) is 2.54. The van der Waals surface area contributed by atoms with Gasteiger partial charge in [0.15, 0.2) is 5.65 Å². The van der Waals surface area contributed by atoms with Crippen LogP contribution in [0.2, 0.25) is 5.15 Å². The van der Waals surface area contributed by atoms with Crippen molar-refractivity contribution in [3.63, 3.8) is 0 Å². The molecule has 16 heavy (non-hydrogen) atoms. The Morgan fingerprint density at radius 1 is 1.38 bits per heavy atom. The predicted molar refractivity (Wildman–Crippen MR) is 64.1 cm³/mol. The highest BCUT2D eigenvalue weighted by Crippen LogP contribution is 2.29. The minimum atomic E-state index is 0.764. The van der Waals surface area contributed by atoms with Crippen LogP contribution in [-0.2, 0) is 19.3 Å². The van der Waals surface area contributed by atoms with Gasteiger partial charge in [0.2, 0.25) is 0 Å². The van der Waals surface area contributed by atoms with Crippen LogP contribution in [0.1, 0.15) is 35.9 Å². The van der Waals surface area contributed by atoms with Crippen molar-refractivity contribution >= 4 is 17.2 Å². The molecular formula is C12H14ClN3. The van der Waals surface area contributed by atoms with Crippen molar-refractivity contribution in [1.82, 2.24) is 14.6 Å². The molecule has 0 radical (unpaired) electrons. The van der Waals surface area contributed by atoms with E-state index in [2.05, 4.69) is 12.0 Å². The summed E-state index contributed by atoms with van der Waals surface area (Å²) in [7, 11) is 0. The van der Waals surface area contributed by atoms with Crippen LogP contribution in [0.15, 0.2) is 0 Å². The Balaban J connectivity index is 2.40. The maximum Gasteiger partial charge on any atom is 0.160 e. The summed E-state index contributed by atoms with van der Waals surface area (Å²) in [6.45, 7) is 4.15. The van der Waals surface area contributed by atoms with Crippen LogP contribution >= 0.6 is 11.6 Å². The number of hydrogen-bond acceptors (Lipinski definition) is 2. The van der Waals surface area contributed by atoms with Gasteiger partial charge in [-0.2, -0.15) is 5.10 Å². The SMILES string of the molecule is CCc1c(C)nn2c(Cl)c3c(nc12)CCC3. The first-order valence-corrected chi connectivity index (χ1v) is 6.15. The maximum absolute atomic E-state index is 6.39. The van der Waals surface area contributed by atoms with Gasteiger partial charge >= 0.3 is 0 Å². The monoisotopic (exact) mass is 235 g/mol. The zero-order valence-corrected chi connectivity index (χ0v) is 10.3. The molecule has 4 heteroatoms. The minimum absolute atomic E-state index is 0.764. The minimum Gasteiger partial charge on any atom is -0.233 e. The molecule has 1 aliphatic carbocycles. The van der Waals surface area contributed by atoms with E-state index in [9.17, 15) is 0 Å². The van der Waals surface area contributed by atoms with Crippen LogP contribution in [0.4, 0.5) is 0 Å². The molecule has 3 rings (SSSR count). The molecule has 84 valence electrons. The summed E-state index contributed by atoms with van der Waals surface area (Å²) in [4.78, 5) is 4.72. The lowest BCUT2D eigenvalue weighted by Gasteiger charge is -2.04. The van der Waals surface area contributed by atoms with Gasteiger partial charge in [0.05, 0.1) is 5.69 Å². The molecule has 1 aliphatic rings. The van der Waals surface area contributed by atoms with E-state index >= 15 is 0 Å². The van der Waals surface area contributed by atoms with Gasteiger partial charge in [-0.3, -0.25) is 0 Å². The molecule has 0 aliphatic heterocycles. The van der Waals surface area contributed by atoms with Crippen LogP contribution in [0.25, 0.3) is 5.65 Å². The third-order valence-electron chi connectivity index (χ3n) is 3.38. The van der Waals surface area contributed by atoms with E-state index in [1.807, 2.05) is 6.92 Å². The number of aryl methyl sites for hydroxylation is 3. The van der Waals surface area contributed by atoms with Crippen LogP contribution < -0.4 is 0 Å². The molecule has 3 nitrogen and oxygen atoms in total. The fourth-order valence-corrected chi connectivity index (χ4v) is 2.86. The second kappa shape index (κ2) is 3.45. The summed E-state index contributed by atoms with van der Waals surface area (Å²) >= 11 is 6.39. The Bertz CT molecular complexity index is 571. The largest absolute Gasteiger partial charge is 0.233 e. The van der Waals surface area contributed by atoms with Crippen molar-refractivity contribution in [1.29, 1.82) is 0 Å². The molecule has 0 N–H and O–H groups in total. The molecule has 0 bridgehead atoms. The number of nitrogens with zero attached hydrogens (tertiary/aromatic N) is 3. The van der Waals surface area contributed by atoms with Gasteiger partial charge in [0.1, 0.15) is 5.15 Å². The quantitative estimate of drug-likeness (QED) is 0.712. The first-order chi connectivity index (χ1) is 7.72. The normalized spacial score (nSPS) is 14.7. The summed E-state index contributed by atoms with van der Waals surface area (Å²) in [6, 6.07) is 0. The molecule has 0 amide bonds. The van der Waals surface area contributed by atoms with E-state index in [1.54, 1.807) is 4.52 Å². The number of hydrogen-bond donors (Lipinski definition) is 0. The maximum atomic E-state index is 6.39. The second-order valence-corrected chi connectivity index (χ2v) is 4.69. The standard InChI is InChI=1S/C12H14ClN3/c1-3-8-7(2)15-16-11(13)9-5-4-6-10(9)14-12(8)16/h3-6H2,1-2H3. The highest BCUT2D eigenvalue weighted by atomic mass is 35.5. The average molecular weight is 236 g/mol. The van der Waals surface area contributed by atoms with E-state index < -0.39 is 0 Å². The van der Waals surface area contributed by atoms with Crippen molar-refractivity contribution < 1.29 is 0 Å².